The number of pyridine rings is 1. The summed E-state index contributed by atoms with van der Waals surface area (Å²) in [5, 5.41) is 6.27. The predicted octanol–water partition coefficient (Wildman–Crippen LogP) is 5.50. The Labute approximate surface area is 202 Å². The number of hydrogen-bond donors (Lipinski definition) is 2. The number of nitrogens with one attached hydrogen (secondary N) is 2. The van der Waals surface area contributed by atoms with Crippen LogP contribution < -0.4 is 15.4 Å². The molecule has 3 aromatic carbocycles. The van der Waals surface area contributed by atoms with Gasteiger partial charge < -0.3 is 15.4 Å². The SMILES string of the molecule is O=C(NCc1ccccn1)c1cccc(NC(=O)c2ccccc2OCc2ccccc2Cl)c1. The average Bonchev–Trinajstić information content (AvgIpc) is 2.88. The van der Waals surface area contributed by atoms with E-state index in [0.29, 0.717) is 34.1 Å². The Kier molecular flexibility index (Phi) is 7.53. The molecule has 4 rings (SSSR count). The van der Waals surface area contributed by atoms with Crippen LogP contribution in [-0.2, 0) is 13.2 Å². The molecule has 6 nitrogen and oxygen atoms in total. The van der Waals surface area contributed by atoms with Gasteiger partial charge in [-0.3, -0.25) is 14.6 Å². The Hall–Kier alpha value is -4.16. The van der Waals surface area contributed by atoms with Crippen molar-refractivity contribution in [2.75, 3.05) is 5.32 Å². The summed E-state index contributed by atoms with van der Waals surface area (Å²) in [6.45, 7) is 0.544. The minimum atomic E-state index is -0.346. The van der Waals surface area contributed by atoms with Crippen LogP contribution in [0.1, 0.15) is 32.0 Å². The predicted molar refractivity (Wildman–Crippen MR) is 132 cm³/mol. The summed E-state index contributed by atoms with van der Waals surface area (Å²) in [7, 11) is 0. The fourth-order valence-corrected chi connectivity index (χ4v) is 3.45. The van der Waals surface area contributed by atoms with E-state index in [1.54, 1.807) is 60.8 Å². The summed E-state index contributed by atoms with van der Waals surface area (Å²) in [6, 6.07) is 26.6. The van der Waals surface area contributed by atoms with E-state index in [-0.39, 0.29) is 18.4 Å². The largest absolute Gasteiger partial charge is 0.488 e. The van der Waals surface area contributed by atoms with Gasteiger partial charge in [0.05, 0.1) is 17.8 Å². The van der Waals surface area contributed by atoms with E-state index in [2.05, 4.69) is 15.6 Å². The van der Waals surface area contributed by atoms with E-state index in [1.807, 2.05) is 36.4 Å². The normalized spacial score (nSPS) is 10.4. The van der Waals surface area contributed by atoms with E-state index < -0.39 is 0 Å². The van der Waals surface area contributed by atoms with Crippen LogP contribution in [-0.4, -0.2) is 16.8 Å². The first-order valence-electron chi connectivity index (χ1n) is 10.6. The van der Waals surface area contributed by atoms with Crippen LogP contribution in [0, 0.1) is 0 Å². The highest BCUT2D eigenvalue weighted by Crippen LogP contribution is 2.23. The Morgan fingerprint density at radius 2 is 1.65 bits per heavy atom. The van der Waals surface area contributed by atoms with Crippen molar-refractivity contribution >= 4 is 29.1 Å². The molecule has 0 fully saturated rings. The van der Waals surface area contributed by atoms with Crippen molar-refractivity contribution in [2.24, 2.45) is 0 Å². The number of carbonyl (C=O) groups is 2. The number of ether oxygens (including phenoxy) is 1. The molecule has 0 aliphatic rings. The maximum atomic E-state index is 13.0. The molecule has 1 aromatic heterocycles. The molecule has 0 aliphatic carbocycles. The highest BCUT2D eigenvalue weighted by molar-refractivity contribution is 6.31. The summed E-state index contributed by atoms with van der Waals surface area (Å²) >= 11 is 6.20. The topological polar surface area (TPSA) is 80.3 Å². The molecule has 170 valence electrons. The first-order valence-corrected chi connectivity index (χ1v) is 11.0. The second-order valence-electron chi connectivity index (χ2n) is 7.41. The van der Waals surface area contributed by atoms with Gasteiger partial charge in [-0.15, -0.1) is 0 Å². The average molecular weight is 472 g/mol. The maximum Gasteiger partial charge on any atom is 0.259 e. The summed E-state index contributed by atoms with van der Waals surface area (Å²) in [5.74, 6) is -0.171. The number of halogens is 1. The molecule has 0 saturated carbocycles. The van der Waals surface area contributed by atoms with Crippen LogP contribution in [0.2, 0.25) is 5.02 Å². The van der Waals surface area contributed by atoms with E-state index in [9.17, 15) is 9.59 Å². The zero-order valence-electron chi connectivity index (χ0n) is 18.2. The number of amides is 2. The van der Waals surface area contributed by atoms with Gasteiger partial charge >= 0.3 is 0 Å². The molecular formula is C27H22ClN3O3. The van der Waals surface area contributed by atoms with Gasteiger partial charge in [-0.25, -0.2) is 0 Å². The molecule has 0 radical (unpaired) electrons. The second kappa shape index (κ2) is 11.1. The van der Waals surface area contributed by atoms with Crippen LogP contribution in [0.25, 0.3) is 0 Å². The Morgan fingerprint density at radius 3 is 2.47 bits per heavy atom. The van der Waals surface area contributed by atoms with E-state index in [0.717, 1.165) is 11.3 Å². The molecule has 1 heterocycles. The lowest BCUT2D eigenvalue weighted by atomic mass is 10.1. The van der Waals surface area contributed by atoms with Crippen LogP contribution in [0.15, 0.2) is 97.2 Å². The molecule has 2 N–H and O–H groups in total. The lowest BCUT2D eigenvalue weighted by molar-refractivity contribution is 0.0949. The highest BCUT2D eigenvalue weighted by Gasteiger charge is 2.14. The van der Waals surface area contributed by atoms with Crippen molar-refractivity contribution < 1.29 is 14.3 Å². The smallest absolute Gasteiger partial charge is 0.259 e. The van der Waals surface area contributed by atoms with E-state index >= 15 is 0 Å². The Balaban J connectivity index is 1.42. The number of para-hydroxylation sites is 1. The third kappa shape index (κ3) is 5.99. The summed E-state index contributed by atoms with van der Waals surface area (Å²) in [6.07, 6.45) is 1.67. The monoisotopic (exact) mass is 471 g/mol. The Morgan fingerprint density at radius 1 is 0.853 bits per heavy atom. The van der Waals surface area contributed by atoms with Gasteiger partial charge in [0.1, 0.15) is 12.4 Å². The summed E-state index contributed by atoms with van der Waals surface area (Å²) in [5.41, 5.74) is 2.88. The maximum absolute atomic E-state index is 13.0. The van der Waals surface area contributed by atoms with Crippen LogP contribution in [0.4, 0.5) is 5.69 Å². The van der Waals surface area contributed by atoms with Gasteiger partial charge in [-0.2, -0.15) is 0 Å². The molecule has 0 unspecified atom stereocenters. The van der Waals surface area contributed by atoms with Gasteiger partial charge in [-0.05, 0) is 48.5 Å². The minimum absolute atomic E-state index is 0.232. The van der Waals surface area contributed by atoms with Crippen molar-refractivity contribution in [2.45, 2.75) is 13.2 Å². The zero-order chi connectivity index (χ0) is 23.8. The highest BCUT2D eigenvalue weighted by atomic mass is 35.5. The third-order valence-corrected chi connectivity index (χ3v) is 5.38. The molecule has 34 heavy (non-hydrogen) atoms. The van der Waals surface area contributed by atoms with Crippen molar-refractivity contribution in [3.63, 3.8) is 0 Å². The van der Waals surface area contributed by atoms with Gasteiger partial charge in [0.2, 0.25) is 0 Å². The third-order valence-electron chi connectivity index (χ3n) is 5.01. The fourth-order valence-electron chi connectivity index (χ4n) is 3.26. The molecule has 0 saturated heterocycles. The van der Waals surface area contributed by atoms with E-state index in [1.165, 1.54) is 0 Å². The number of rotatable bonds is 8. The number of nitrogens with zero attached hydrogens (tertiary/aromatic N) is 1. The van der Waals surface area contributed by atoms with Crippen molar-refractivity contribution in [1.29, 1.82) is 0 Å². The Bertz CT molecular complexity index is 1300. The summed E-state index contributed by atoms with van der Waals surface area (Å²) < 4.78 is 5.88. The van der Waals surface area contributed by atoms with Crippen molar-refractivity contribution in [1.82, 2.24) is 10.3 Å². The number of hydrogen-bond acceptors (Lipinski definition) is 4. The van der Waals surface area contributed by atoms with Crippen LogP contribution >= 0.6 is 11.6 Å². The van der Waals surface area contributed by atoms with Crippen LogP contribution in [0.3, 0.4) is 0 Å². The molecule has 0 atom stereocenters. The standard InChI is InChI=1S/C27H22ClN3O3/c28-24-13-3-1-8-20(24)18-34-25-14-4-2-12-23(25)27(33)31-21-11-7-9-19(16-21)26(32)30-17-22-10-5-6-15-29-22/h1-16H,17-18H2,(H,30,32)(H,31,33). The number of carbonyl (C=O) groups excluding carboxylic acids is 2. The first-order chi connectivity index (χ1) is 16.6. The zero-order valence-corrected chi connectivity index (χ0v) is 19.0. The first kappa shape index (κ1) is 23.0. The molecule has 7 heteroatoms. The molecule has 4 aromatic rings. The van der Waals surface area contributed by atoms with Gasteiger partial charge in [-0.1, -0.05) is 54.1 Å². The number of aromatic nitrogens is 1. The van der Waals surface area contributed by atoms with E-state index in [4.69, 9.17) is 16.3 Å². The molecular weight excluding hydrogens is 450 g/mol. The molecule has 0 spiro atoms. The molecule has 2 amide bonds. The van der Waals surface area contributed by atoms with Crippen LogP contribution in [0.5, 0.6) is 5.75 Å². The lowest BCUT2D eigenvalue weighted by Gasteiger charge is -2.13. The summed E-state index contributed by atoms with van der Waals surface area (Å²) in [4.78, 5) is 29.7. The lowest BCUT2D eigenvalue weighted by Crippen LogP contribution is -2.23. The van der Waals surface area contributed by atoms with Gasteiger partial charge in [0.25, 0.3) is 11.8 Å². The molecule has 0 aliphatic heterocycles. The number of anilines is 1. The van der Waals surface area contributed by atoms with Crippen molar-refractivity contribution in [3.8, 4) is 5.75 Å². The fraction of sp³-hybridized carbons (Fsp3) is 0.0741. The van der Waals surface area contributed by atoms with Gasteiger partial charge in [0.15, 0.2) is 0 Å². The quantitative estimate of drug-likeness (QED) is 0.356. The molecule has 0 bridgehead atoms. The van der Waals surface area contributed by atoms with Gasteiger partial charge in [0, 0.05) is 28.0 Å². The van der Waals surface area contributed by atoms with Crippen molar-refractivity contribution in [3.05, 3.63) is 125 Å². The second-order valence-corrected chi connectivity index (χ2v) is 7.82. The number of benzene rings is 3. The minimum Gasteiger partial charge on any atom is -0.488 e.